The number of hydrogen-bond acceptors (Lipinski definition) is 5. The van der Waals surface area contributed by atoms with Gasteiger partial charge in [0.15, 0.2) is 16.3 Å². The maximum atomic E-state index is 10.7. The zero-order valence-corrected chi connectivity index (χ0v) is 18.1. The second-order valence-corrected chi connectivity index (χ2v) is 7.15. The topological polar surface area (TPSA) is 78.7 Å². The molecule has 0 heterocycles. The number of nitrogens with zero attached hydrogens (tertiary/aromatic N) is 1. The van der Waals surface area contributed by atoms with E-state index in [1.54, 1.807) is 14.2 Å². The minimum Gasteiger partial charge on any atom is -0.741 e. The van der Waals surface area contributed by atoms with Crippen molar-refractivity contribution in [1.29, 1.82) is 0 Å². The zero-order valence-electron chi connectivity index (χ0n) is 17.2. The summed E-state index contributed by atoms with van der Waals surface area (Å²) in [6, 6.07) is 6.00. The molecule has 166 valence electrons. The van der Waals surface area contributed by atoms with Gasteiger partial charge in [0.1, 0.15) is 24.6 Å². The molecule has 0 aliphatic carbocycles. The first-order chi connectivity index (χ1) is 13.4. The molecular formula is C19H28F3NO5S. The van der Waals surface area contributed by atoms with Crippen LogP contribution in [0.25, 0.3) is 5.57 Å². The van der Waals surface area contributed by atoms with Gasteiger partial charge in [-0.25, -0.2) is 13.0 Å². The number of alkyl halides is 3. The van der Waals surface area contributed by atoms with Gasteiger partial charge in [-0.2, -0.15) is 13.2 Å². The maximum absolute atomic E-state index is 10.7. The van der Waals surface area contributed by atoms with Gasteiger partial charge in [0.05, 0.1) is 14.2 Å². The van der Waals surface area contributed by atoms with Crippen LogP contribution in [0.4, 0.5) is 13.2 Å². The monoisotopic (exact) mass is 439 g/mol. The smallest absolute Gasteiger partial charge is 0.485 e. The molecule has 0 aliphatic heterocycles. The van der Waals surface area contributed by atoms with Gasteiger partial charge in [-0.3, -0.25) is 0 Å². The number of halogens is 3. The molecule has 1 rings (SSSR count). The molecule has 6 nitrogen and oxygen atoms in total. The molecule has 0 saturated heterocycles. The predicted octanol–water partition coefficient (Wildman–Crippen LogP) is 4.06. The van der Waals surface area contributed by atoms with Crippen molar-refractivity contribution in [3.63, 3.8) is 0 Å². The van der Waals surface area contributed by atoms with E-state index >= 15 is 0 Å². The number of methoxy groups -OCH3 is 2. The van der Waals surface area contributed by atoms with Crippen LogP contribution in [0.3, 0.4) is 0 Å². The van der Waals surface area contributed by atoms with Crippen molar-refractivity contribution in [2.24, 2.45) is 0 Å². The molecule has 0 amide bonds. The largest absolute Gasteiger partial charge is 0.741 e. The Hall–Kier alpha value is -2.07. The molecule has 1 aromatic carbocycles. The Kier molecular flexibility index (Phi) is 11.6. The summed E-state index contributed by atoms with van der Waals surface area (Å²) in [4.78, 5) is 0. The minimum absolute atomic E-state index is 0.819. The van der Waals surface area contributed by atoms with Gasteiger partial charge in [0, 0.05) is 17.7 Å². The first-order valence-corrected chi connectivity index (χ1v) is 10.4. The number of ether oxygens (including phenoxy) is 2. The standard InChI is InChI=1S/C18H28NO2.CHF3O3S/c1-6-9-15(12-13-19(7-2)8-3)17-11-10-16(20-4)14-18(17)21-5;2-1(3,4)8(5,6)7/h10-14H,6-9H2,1-5H3;(H,5,6,7)/q+1;/p-1/b15-12+;. The number of allylic oxidation sites excluding steroid dienone is 2. The summed E-state index contributed by atoms with van der Waals surface area (Å²) in [7, 11) is -2.71. The second-order valence-electron chi connectivity index (χ2n) is 5.78. The highest BCUT2D eigenvalue weighted by Gasteiger charge is 2.36. The van der Waals surface area contributed by atoms with Crippen molar-refractivity contribution in [2.45, 2.75) is 39.1 Å². The lowest BCUT2D eigenvalue weighted by Gasteiger charge is -2.12. The third-order valence-electron chi connectivity index (χ3n) is 3.86. The van der Waals surface area contributed by atoms with Gasteiger partial charge in [-0.15, -0.1) is 0 Å². The molecule has 29 heavy (non-hydrogen) atoms. The Morgan fingerprint density at radius 3 is 2.07 bits per heavy atom. The lowest BCUT2D eigenvalue weighted by molar-refractivity contribution is -0.515. The van der Waals surface area contributed by atoms with E-state index in [9.17, 15) is 13.2 Å². The van der Waals surface area contributed by atoms with Crippen LogP contribution >= 0.6 is 0 Å². The van der Waals surface area contributed by atoms with E-state index in [0.717, 1.165) is 43.0 Å². The first-order valence-electron chi connectivity index (χ1n) is 8.97. The molecule has 0 spiro atoms. The number of benzene rings is 1. The second kappa shape index (κ2) is 12.5. The van der Waals surface area contributed by atoms with Crippen molar-refractivity contribution in [1.82, 2.24) is 0 Å². The molecule has 0 atom stereocenters. The lowest BCUT2D eigenvalue weighted by Crippen LogP contribution is -2.21. The number of rotatable bonds is 8. The van der Waals surface area contributed by atoms with Crippen molar-refractivity contribution in [3.05, 3.63) is 29.8 Å². The molecule has 0 N–H and O–H groups in total. The Morgan fingerprint density at radius 2 is 1.69 bits per heavy atom. The summed E-state index contributed by atoms with van der Waals surface area (Å²) in [5, 5.41) is 0. The molecule has 0 unspecified atom stereocenters. The molecule has 0 saturated carbocycles. The third kappa shape index (κ3) is 9.31. The molecule has 0 aromatic heterocycles. The third-order valence-corrected chi connectivity index (χ3v) is 4.42. The Balaban J connectivity index is 0.000000828. The molecule has 0 aliphatic rings. The van der Waals surface area contributed by atoms with Crippen LogP contribution in [0.2, 0.25) is 0 Å². The average molecular weight is 439 g/mol. The van der Waals surface area contributed by atoms with Crippen LogP contribution in [-0.4, -0.2) is 56.6 Å². The summed E-state index contributed by atoms with van der Waals surface area (Å²) >= 11 is 0. The van der Waals surface area contributed by atoms with Crippen LogP contribution in [-0.2, 0) is 10.1 Å². The Bertz CT molecular complexity index is 797. The van der Waals surface area contributed by atoms with E-state index < -0.39 is 15.6 Å². The molecule has 1 aromatic rings. The minimum atomic E-state index is -6.09. The molecule has 0 bridgehead atoms. The van der Waals surface area contributed by atoms with Crippen molar-refractivity contribution < 1.29 is 40.2 Å². The van der Waals surface area contributed by atoms with E-state index in [1.807, 2.05) is 12.1 Å². The predicted molar refractivity (Wildman–Crippen MR) is 106 cm³/mol. The fourth-order valence-electron chi connectivity index (χ4n) is 2.27. The Labute approximate surface area is 170 Å². The Morgan fingerprint density at radius 1 is 1.14 bits per heavy atom. The van der Waals surface area contributed by atoms with E-state index in [0.29, 0.717) is 0 Å². The van der Waals surface area contributed by atoms with Crippen LogP contribution < -0.4 is 9.47 Å². The van der Waals surface area contributed by atoms with Crippen LogP contribution in [0.5, 0.6) is 11.5 Å². The van der Waals surface area contributed by atoms with Crippen LogP contribution in [0, 0.1) is 0 Å². The van der Waals surface area contributed by atoms with Crippen LogP contribution in [0.1, 0.15) is 39.2 Å². The van der Waals surface area contributed by atoms with Crippen molar-refractivity contribution in [3.8, 4) is 11.5 Å². The summed E-state index contributed by atoms with van der Waals surface area (Å²) < 4.78 is 72.0. The van der Waals surface area contributed by atoms with E-state index in [1.165, 1.54) is 5.57 Å². The van der Waals surface area contributed by atoms with Gasteiger partial charge in [-0.05, 0) is 38.0 Å². The van der Waals surface area contributed by atoms with Crippen molar-refractivity contribution in [2.75, 3.05) is 27.3 Å². The van der Waals surface area contributed by atoms with Gasteiger partial charge >= 0.3 is 5.51 Å². The SMILES string of the molecule is CCC/C(=C\C=[N+](CC)CC)c1ccc(OC)cc1OC.O=S(=O)([O-])C(F)(F)F. The normalized spacial score (nSPS) is 12.0. The first kappa shape index (κ1) is 26.9. The highest BCUT2D eigenvalue weighted by atomic mass is 32.2. The summed E-state index contributed by atoms with van der Waals surface area (Å²) in [5.41, 5.74) is -3.21. The van der Waals surface area contributed by atoms with Crippen LogP contribution in [0.15, 0.2) is 24.3 Å². The zero-order chi connectivity index (χ0) is 22.7. The highest BCUT2D eigenvalue weighted by molar-refractivity contribution is 7.86. The summed E-state index contributed by atoms with van der Waals surface area (Å²) in [6.45, 7) is 8.57. The van der Waals surface area contributed by atoms with E-state index in [4.69, 9.17) is 22.4 Å². The molecule has 0 radical (unpaired) electrons. The molecule has 10 heteroatoms. The summed E-state index contributed by atoms with van der Waals surface area (Å²) in [5.74, 6) is 1.68. The average Bonchev–Trinajstić information content (AvgIpc) is 2.66. The van der Waals surface area contributed by atoms with Gasteiger partial charge < -0.3 is 14.0 Å². The fraction of sp³-hybridized carbons (Fsp3) is 0.526. The number of hydrogen-bond donors (Lipinski definition) is 0. The van der Waals surface area contributed by atoms with Crippen molar-refractivity contribution >= 4 is 21.9 Å². The van der Waals surface area contributed by atoms with Gasteiger partial charge in [-0.1, -0.05) is 13.3 Å². The molecular weight excluding hydrogens is 411 g/mol. The van der Waals surface area contributed by atoms with E-state index in [-0.39, 0.29) is 0 Å². The lowest BCUT2D eigenvalue weighted by atomic mass is 10.00. The van der Waals surface area contributed by atoms with Gasteiger partial charge in [0.25, 0.3) is 0 Å². The fourth-order valence-corrected chi connectivity index (χ4v) is 2.27. The summed E-state index contributed by atoms with van der Waals surface area (Å²) in [6.07, 6.45) is 6.52. The van der Waals surface area contributed by atoms with Gasteiger partial charge in [0.2, 0.25) is 0 Å². The quantitative estimate of drug-likeness (QED) is 0.264. The molecule has 0 fully saturated rings. The van der Waals surface area contributed by atoms with E-state index in [2.05, 4.69) is 43.7 Å². The highest BCUT2D eigenvalue weighted by Crippen LogP contribution is 2.32. The maximum Gasteiger partial charge on any atom is 0.485 e.